The van der Waals surface area contributed by atoms with Crippen LogP contribution in [0.25, 0.3) is 0 Å². The lowest BCUT2D eigenvalue weighted by Gasteiger charge is -2.06. The second-order valence-electron chi connectivity index (χ2n) is 3.51. The zero-order chi connectivity index (χ0) is 13.7. The number of benzene rings is 1. The molecule has 0 spiro atoms. The minimum atomic E-state index is 0.294. The highest BCUT2D eigenvalue weighted by Gasteiger charge is 2.07. The van der Waals surface area contributed by atoms with E-state index in [9.17, 15) is 0 Å². The van der Waals surface area contributed by atoms with Gasteiger partial charge in [-0.2, -0.15) is 15.0 Å². The largest absolute Gasteiger partial charge is 0.467 e. The number of hydrogen-bond acceptors (Lipinski definition) is 6. The summed E-state index contributed by atoms with van der Waals surface area (Å²) in [6.45, 7) is 2.71. The van der Waals surface area contributed by atoms with Gasteiger partial charge >= 0.3 is 6.01 Å². The normalized spacial score (nSPS) is 10.3. The van der Waals surface area contributed by atoms with Gasteiger partial charge in [0, 0.05) is 16.5 Å². The highest BCUT2D eigenvalue weighted by atomic mass is 35.5. The van der Waals surface area contributed by atoms with Gasteiger partial charge in [0.15, 0.2) is 0 Å². The summed E-state index contributed by atoms with van der Waals surface area (Å²) in [7, 11) is 1.53. The van der Waals surface area contributed by atoms with Crippen molar-refractivity contribution in [3.8, 4) is 6.01 Å². The zero-order valence-electron chi connectivity index (χ0n) is 10.6. The van der Waals surface area contributed by atoms with Crippen LogP contribution in [0, 0.1) is 0 Å². The molecule has 1 aromatic carbocycles. The summed E-state index contributed by atoms with van der Waals surface area (Å²) in [5, 5.41) is 4.31. The fourth-order valence-electron chi connectivity index (χ4n) is 1.32. The summed E-state index contributed by atoms with van der Waals surface area (Å²) in [6.07, 6.45) is 0. The second-order valence-corrected chi connectivity index (χ2v) is 4.99. The maximum absolute atomic E-state index is 5.85. The van der Waals surface area contributed by atoms with E-state index in [-0.39, 0.29) is 0 Å². The van der Waals surface area contributed by atoms with E-state index in [1.807, 2.05) is 31.2 Å². The van der Waals surface area contributed by atoms with Gasteiger partial charge in [0.2, 0.25) is 11.1 Å². The molecule has 5 nitrogen and oxygen atoms in total. The molecule has 0 bridgehead atoms. The van der Waals surface area contributed by atoms with E-state index in [1.54, 1.807) is 0 Å². The molecule has 19 heavy (non-hydrogen) atoms. The molecule has 1 heterocycles. The van der Waals surface area contributed by atoms with Crippen molar-refractivity contribution in [2.45, 2.75) is 17.0 Å². The van der Waals surface area contributed by atoms with Gasteiger partial charge in [0.25, 0.3) is 0 Å². The van der Waals surface area contributed by atoms with E-state index in [4.69, 9.17) is 16.3 Å². The third-order valence-corrected chi connectivity index (χ3v) is 3.26. The van der Waals surface area contributed by atoms with Crippen LogP contribution in [0.3, 0.4) is 0 Å². The molecule has 0 atom stereocenters. The molecule has 1 N–H and O–H groups in total. The van der Waals surface area contributed by atoms with Crippen molar-refractivity contribution in [2.75, 3.05) is 19.0 Å². The van der Waals surface area contributed by atoms with E-state index in [1.165, 1.54) is 18.9 Å². The van der Waals surface area contributed by atoms with Gasteiger partial charge in [-0.3, -0.25) is 0 Å². The first-order chi connectivity index (χ1) is 9.21. The molecule has 0 saturated heterocycles. The Balaban J connectivity index is 2.23. The number of halogens is 1. The smallest absolute Gasteiger partial charge is 0.321 e. The van der Waals surface area contributed by atoms with Crippen molar-refractivity contribution < 1.29 is 4.74 Å². The fourth-order valence-corrected chi connectivity index (χ4v) is 2.18. The summed E-state index contributed by atoms with van der Waals surface area (Å²) in [6, 6.07) is 7.77. The average Bonchev–Trinajstić information content (AvgIpc) is 2.41. The van der Waals surface area contributed by atoms with Gasteiger partial charge in [-0.05, 0) is 43.0 Å². The summed E-state index contributed by atoms with van der Waals surface area (Å²) >= 11 is 7.27. The van der Waals surface area contributed by atoms with Gasteiger partial charge in [0.1, 0.15) is 0 Å². The van der Waals surface area contributed by atoms with Gasteiger partial charge in [-0.25, -0.2) is 0 Å². The SMILES string of the molecule is CCNc1nc(OC)nc(Sc2ccc(Cl)cc2)n1. The van der Waals surface area contributed by atoms with Gasteiger partial charge in [-0.1, -0.05) is 11.6 Å². The Morgan fingerprint density at radius 3 is 2.58 bits per heavy atom. The van der Waals surface area contributed by atoms with Gasteiger partial charge in [0.05, 0.1) is 7.11 Å². The molecule has 1 aromatic heterocycles. The van der Waals surface area contributed by atoms with E-state index in [0.29, 0.717) is 22.1 Å². The molecular formula is C12H13ClN4OS. The van der Waals surface area contributed by atoms with Crippen molar-refractivity contribution >= 4 is 29.3 Å². The minimum absolute atomic E-state index is 0.294. The Hall–Kier alpha value is -1.53. The van der Waals surface area contributed by atoms with Crippen LogP contribution < -0.4 is 10.1 Å². The summed E-state index contributed by atoms with van der Waals surface area (Å²) in [5.41, 5.74) is 0. The minimum Gasteiger partial charge on any atom is -0.467 e. The molecule has 0 aliphatic rings. The van der Waals surface area contributed by atoms with Crippen LogP contribution in [0.5, 0.6) is 6.01 Å². The molecule has 2 rings (SSSR count). The van der Waals surface area contributed by atoms with E-state index in [0.717, 1.165) is 11.4 Å². The van der Waals surface area contributed by atoms with Crippen molar-refractivity contribution in [1.82, 2.24) is 15.0 Å². The maximum Gasteiger partial charge on any atom is 0.321 e. The predicted molar refractivity (Wildman–Crippen MR) is 76.1 cm³/mol. The summed E-state index contributed by atoms with van der Waals surface area (Å²) in [4.78, 5) is 13.6. The molecule has 0 amide bonds. The Labute approximate surface area is 120 Å². The Kier molecular flexibility index (Phi) is 4.81. The highest BCUT2D eigenvalue weighted by molar-refractivity contribution is 7.99. The summed E-state index contributed by atoms with van der Waals surface area (Å²) < 4.78 is 5.06. The van der Waals surface area contributed by atoms with Crippen LogP contribution in [-0.2, 0) is 0 Å². The van der Waals surface area contributed by atoms with Crippen LogP contribution in [0.15, 0.2) is 34.3 Å². The number of rotatable bonds is 5. The third kappa shape index (κ3) is 3.97. The van der Waals surface area contributed by atoms with E-state index >= 15 is 0 Å². The fraction of sp³-hybridized carbons (Fsp3) is 0.250. The van der Waals surface area contributed by atoms with E-state index < -0.39 is 0 Å². The number of nitrogens with zero attached hydrogens (tertiary/aromatic N) is 3. The monoisotopic (exact) mass is 296 g/mol. The lowest BCUT2D eigenvalue weighted by Crippen LogP contribution is -2.05. The van der Waals surface area contributed by atoms with Crippen LogP contribution >= 0.6 is 23.4 Å². The highest BCUT2D eigenvalue weighted by Crippen LogP contribution is 2.27. The first kappa shape index (κ1) is 13.9. The maximum atomic E-state index is 5.85. The van der Waals surface area contributed by atoms with Gasteiger partial charge < -0.3 is 10.1 Å². The van der Waals surface area contributed by atoms with Crippen LogP contribution in [0.2, 0.25) is 5.02 Å². The number of ether oxygens (including phenoxy) is 1. The number of aromatic nitrogens is 3. The number of hydrogen-bond donors (Lipinski definition) is 1. The molecule has 0 saturated carbocycles. The van der Waals surface area contributed by atoms with Crippen LogP contribution in [0.1, 0.15) is 6.92 Å². The lowest BCUT2D eigenvalue weighted by molar-refractivity contribution is 0.373. The van der Waals surface area contributed by atoms with Gasteiger partial charge in [-0.15, -0.1) is 0 Å². The average molecular weight is 297 g/mol. The number of anilines is 1. The lowest BCUT2D eigenvalue weighted by atomic mass is 10.4. The molecular weight excluding hydrogens is 284 g/mol. The predicted octanol–water partition coefficient (Wildman–Crippen LogP) is 3.12. The standard InChI is InChI=1S/C12H13ClN4OS/c1-3-14-10-15-11(18-2)17-12(16-10)19-9-6-4-8(13)5-7-9/h4-7H,3H2,1-2H3,(H,14,15,16,17). The van der Waals surface area contributed by atoms with Crippen molar-refractivity contribution in [2.24, 2.45) is 0 Å². The Bertz CT molecular complexity index is 550. The number of methoxy groups -OCH3 is 1. The Morgan fingerprint density at radius 2 is 1.95 bits per heavy atom. The van der Waals surface area contributed by atoms with Crippen molar-refractivity contribution in [1.29, 1.82) is 0 Å². The Morgan fingerprint density at radius 1 is 1.21 bits per heavy atom. The first-order valence-electron chi connectivity index (χ1n) is 5.68. The molecule has 0 unspecified atom stereocenters. The van der Waals surface area contributed by atoms with Crippen LogP contribution in [0.4, 0.5) is 5.95 Å². The first-order valence-corrected chi connectivity index (χ1v) is 6.88. The van der Waals surface area contributed by atoms with Crippen molar-refractivity contribution in [3.63, 3.8) is 0 Å². The van der Waals surface area contributed by atoms with E-state index in [2.05, 4.69) is 20.3 Å². The quantitative estimate of drug-likeness (QED) is 0.915. The third-order valence-electron chi connectivity index (χ3n) is 2.13. The molecule has 7 heteroatoms. The zero-order valence-corrected chi connectivity index (χ0v) is 12.1. The summed E-state index contributed by atoms with van der Waals surface area (Å²) in [5.74, 6) is 0.505. The molecule has 0 fully saturated rings. The second kappa shape index (κ2) is 6.58. The molecule has 100 valence electrons. The topological polar surface area (TPSA) is 59.9 Å². The molecule has 0 radical (unpaired) electrons. The van der Waals surface area contributed by atoms with Crippen molar-refractivity contribution in [3.05, 3.63) is 29.3 Å². The molecule has 0 aliphatic heterocycles. The molecule has 2 aromatic rings. The molecule has 0 aliphatic carbocycles. The van der Waals surface area contributed by atoms with Crippen LogP contribution in [-0.4, -0.2) is 28.6 Å². The number of nitrogens with one attached hydrogen (secondary N) is 1.